The van der Waals surface area contributed by atoms with E-state index >= 15 is 0 Å². The Hall–Kier alpha value is -1.94. The van der Waals surface area contributed by atoms with Crippen molar-refractivity contribution in [2.45, 2.75) is 19.9 Å². The van der Waals surface area contributed by atoms with Crippen molar-refractivity contribution < 1.29 is 0 Å². The Kier molecular flexibility index (Phi) is 4.12. The summed E-state index contributed by atoms with van der Waals surface area (Å²) >= 11 is 4.88. The number of hydrogen-bond donors (Lipinski definition) is 2. The van der Waals surface area contributed by atoms with Gasteiger partial charge >= 0.3 is 0 Å². The summed E-state index contributed by atoms with van der Waals surface area (Å²) in [6.07, 6.45) is 1.75. The topological polar surface area (TPSA) is 50.9 Å². The van der Waals surface area contributed by atoms with Gasteiger partial charge in [-0.15, -0.1) is 0 Å². The second kappa shape index (κ2) is 5.80. The smallest absolute Gasteiger partial charge is 0.122 e. The van der Waals surface area contributed by atoms with E-state index in [4.69, 9.17) is 18.0 Å². The minimum Gasteiger partial charge on any atom is -0.388 e. The summed E-state index contributed by atoms with van der Waals surface area (Å²) in [7, 11) is 0. The van der Waals surface area contributed by atoms with Gasteiger partial charge in [0.1, 0.15) is 4.99 Å². The first-order valence-electron chi connectivity index (χ1n) is 6.16. The lowest BCUT2D eigenvalue weighted by molar-refractivity contribution is 0.872. The predicted octanol–water partition coefficient (Wildman–Crippen LogP) is 3.20. The van der Waals surface area contributed by atoms with Crippen molar-refractivity contribution in [3.8, 4) is 0 Å². The number of nitrogens with one attached hydrogen (secondary N) is 1. The number of nitrogens with zero attached hydrogens (tertiary/aromatic N) is 1. The van der Waals surface area contributed by atoms with Gasteiger partial charge in [0.25, 0.3) is 0 Å². The summed E-state index contributed by atoms with van der Waals surface area (Å²) in [5.41, 5.74) is 9.67. The third kappa shape index (κ3) is 3.29. The van der Waals surface area contributed by atoms with Crippen molar-refractivity contribution in [1.29, 1.82) is 0 Å². The van der Waals surface area contributed by atoms with E-state index in [0.717, 1.165) is 5.69 Å². The van der Waals surface area contributed by atoms with Crippen LogP contribution in [0.2, 0.25) is 0 Å². The summed E-state index contributed by atoms with van der Waals surface area (Å²) in [4.78, 5) is 4.54. The predicted molar refractivity (Wildman–Crippen MR) is 83.3 cm³/mol. The zero-order valence-corrected chi connectivity index (χ0v) is 11.9. The average molecular weight is 271 g/mol. The molecule has 0 spiro atoms. The van der Waals surface area contributed by atoms with Crippen LogP contribution in [0.1, 0.15) is 29.8 Å². The lowest BCUT2D eigenvalue weighted by atomic mass is 10.0. The zero-order valence-electron chi connectivity index (χ0n) is 11.1. The van der Waals surface area contributed by atoms with Gasteiger partial charge in [-0.3, -0.25) is 4.98 Å². The van der Waals surface area contributed by atoms with E-state index in [1.54, 1.807) is 6.20 Å². The van der Waals surface area contributed by atoms with Gasteiger partial charge in [0.15, 0.2) is 0 Å². The molecule has 1 aromatic heterocycles. The molecule has 1 heterocycles. The molecule has 0 bridgehead atoms. The van der Waals surface area contributed by atoms with Crippen molar-refractivity contribution in [2.75, 3.05) is 5.32 Å². The molecule has 1 unspecified atom stereocenters. The van der Waals surface area contributed by atoms with Crippen LogP contribution < -0.4 is 11.1 Å². The zero-order chi connectivity index (χ0) is 13.8. The van der Waals surface area contributed by atoms with Gasteiger partial charge in [0.2, 0.25) is 0 Å². The van der Waals surface area contributed by atoms with Crippen LogP contribution in [0, 0.1) is 6.92 Å². The van der Waals surface area contributed by atoms with Gasteiger partial charge < -0.3 is 11.1 Å². The van der Waals surface area contributed by atoms with Crippen molar-refractivity contribution in [3.63, 3.8) is 0 Å². The molecule has 3 nitrogen and oxygen atoms in total. The maximum atomic E-state index is 5.52. The molecule has 1 atom stereocenters. The number of hydrogen-bond acceptors (Lipinski definition) is 3. The van der Waals surface area contributed by atoms with E-state index in [2.05, 4.69) is 42.3 Å². The third-order valence-corrected chi connectivity index (χ3v) is 3.26. The van der Waals surface area contributed by atoms with Crippen LogP contribution in [0.3, 0.4) is 0 Å². The van der Waals surface area contributed by atoms with E-state index < -0.39 is 0 Å². The highest BCUT2D eigenvalue weighted by molar-refractivity contribution is 7.80. The van der Waals surface area contributed by atoms with Crippen molar-refractivity contribution >= 4 is 22.9 Å². The van der Waals surface area contributed by atoms with Crippen molar-refractivity contribution in [2.24, 2.45) is 5.73 Å². The Bertz CT molecular complexity index is 578. The molecular formula is C15H17N3S. The Morgan fingerprint density at radius 2 is 2.00 bits per heavy atom. The molecular weight excluding hydrogens is 254 g/mol. The molecule has 0 amide bonds. The first kappa shape index (κ1) is 13.5. The SMILES string of the molecule is Cc1ccccc1C(C)Nc1ccc(C(N)=S)nc1. The molecule has 0 fully saturated rings. The Balaban J connectivity index is 2.13. The quantitative estimate of drug-likeness (QED) is 0.838. The molecule has 0 aliphatic heterocycles. The first-order valence-corrected chi connectivity index (χ1v) is 6.56. The molecule has 3 N–H and O–H groups in total. The molecule has 0 saturated heterocycles. The first-order chi connectivity index (χ1) is 9.08. The second-order valence-corrected chi connectivity index (χ2v) is 4.96. The van der Waals surface area contributed by atoms with E-state index in [1.165, 1.54) is 11.1 Å². The van der Waals surface area contributed by atoms with Crippen LogP contribution in [-0.4, -0.2) is 9.97 Å². The molecule has 1 aromatic carbocycles. The molecule has 2 rings (SSSR count). The lowest BCUT2D eigenvalue weighted by Gasteiger charge is -2.17. The fraction of sp³-hybridized carbons (Fsp3) is 0.200. The maximum absolute atomic E-state index is 5.52. The molecule has 2 aromatic rings. The molecule has 0 radical (unpaired) electrons. The highest BCUT2D eigenvalue weighted by atomic mass is 32.1. The Morgan fingerprint density at radius 3 is 2.58 bits per heavy atom. The number of nitrogens with two attached hydrogens (primary N) is 1. The van der Waals surface area contributed by atoms with Gasteiger partial charge in [0.05, 0.1) is 17.6 Å². The summed E-state index contributed by atoms with van der Waals surface area (Å²) in [5.74, 6) is 0. The number of aromatic nitrogens is 1. The molecule has 98 valence electrons. The minimum absolute atomic E-state index is 0.221. The molecule has 0 aliphatic carbocycles. The van der Waals surface area contributed by atoms with Crippen LogP contribution in [0.4, 0.5) is 5.69 Å². The number of aryl methyl sites for hydroxylation is 1. The summed E-state index contributed by atoms with van der Waals surface area (Å²) < 4.78 is 0. The third-order valence-electron chi connectivity index (χ3n) is 3.05. The lowest BCUT2D eigenvalue weighted by Crippen LogP contribution is -2.12. The second-order valence-electron chi connectivity index (χ2n) is 4.52. The van der Waals surface area contributed by atoms with E-state index in [0.29, 0.717) is 10.7 Å². The molecule has 4 heteroatoms. The normalized spacial score (nSPS) is 11.9. The maximum Gasteiger partial charge on any atom is 0.122 e. The molecule has 0 aliphatic rings. The Morgan fingerprint density at radius 1 is 1.26 bits per heavy atom. The Labute approximate surface area is 118 Å². The number of rotatable bonds is 4. The number of pyridine rings is 1. The van der Waals surface area contributed by atoms with Crippen LogP contribution in [-0.2, 0) is 0 Å². The van der Waals surface area contributed by atoms with E-state index in [-0.39, 0.29) is 6.04 Å². The van der Waals surface area contributed by atoms with Crippen molar-refractivity contribution in [3.05, 3.63) is 59.4 Å². The van der Waals surface area contributed by atoms with Crippen LogP contribution in [0.25, 0.3) is 0 Å². The monoisotopic (exact) mass is 271 g/mol. The van der Waals surface area contributed by atoms with Gasteiger partial charge in [-0.25, -0.2) is 0 Å². The number of anilines is 1. The van der Waals surface area contributed by atoms with Gasteiger partial charge in [-0.05, 0) is 37.1 Å². The van der Waals surface area contributed by atoms with Crippen LogP contribution in [0.5, 0.6) is 0 Å². The largest absolute Gasteiger partial charge is 0.388 e. The van der Waals surface area contributed by atoms with Crippen molar-refractivity contribution in [1.82, 2.24) is 4.98 Å². The number of benzene rings is 1. The highest BCUT2D eigenvalue weighted by Crippen LogP contribution is 2.21. The standard InChI is InChI=1S/C15H17N3S/c1-10-5-3-4-6-13(10)11(2)18-12-7-8-14(15(16)19)17-9-12/h3-9,11,18H,1-2H3,(H2,16,19). The molecule has 19 heavy (non-hydrogen) atoms. The van der Waals surface area contributed by atoms with Gasteiger partial charge in [-0.1, -0.05) is 36.5 Å². The summed E-state index contributed by atoms with van der Waals surface area (Å²) in [6, 6.07) is 12.3. The molecule has 0 saturated carbocycles. The fourth-order valence-electron chi connectivity index (χ4n) is 2.03. The fourth-order valence-corrected chi connectivity index (χ4v) is 2.15. The van der Waals surface area contributed by atoms with Gasteiger partial charge in [0, 0.05) is 6.04 Å². The number of thiocarbonyl (C=S) groups is 1. The van der Waals surface area contributed by atoms with E-state index in [1.807, 2.05) is 18.2 Å². The average Bonchev–Trinajstić information content (AvgIpc) is 2.39. The summed E-state index contributed by atoms with van der Waals surface area (Å²) in [6.45, 7) is 4.24. The van der Waals surface area contributed by atoms with Crippen LogP contribution in [0.15, 0.2) is 42.6 Å². The summed E-state index contributed by atoms with van der Waals surface area (Å²) in [5, 5.41) is 3.42. The van der Waals surface area contributed by atoms with Crippen LogP contribution >= 0.6 is 12.2 Å². The minimum atomic E-state index is 0.221. The highest BCUT2D eigenvalue weighted by Gasteiger charge is 2.08. The van der Waals surface area contributed by atoms with Gasteiger partial charge in [-0.2, -0.15) is 0 Å². The van der Waals surface area contributed by atoms with E-state index in [9.17, 15) is 0 Å².